The van der Waals surface area contributed by atoms with Crippen LogP contribution in [-0.2, 0) is 21.4 Å². The Bertz CT molecular complexity index is 1070. The standard InChI is InChI=1S/C24H31N3O4/c1-15(28)4-3-5-16-6-8-17(9-7-16)18-10-11-19-21(14-18)26(2)24(31)27(19)20-12-13-22(29)25-23(20)30/h10-11,14,16-17,20H,3-9,12-13H2,1-2H3,(H,25,29,30)/t16-,17+,20?. The highest BCUT2D eigenvalue weighted by molar-refractivity contribution is 6.00. The van der Waals surface area contributed by atoms with Gasteiger partial charge >= 0.3 is 5.69 Å². The van der Waals surface area contributed by atoms with Crippen LogP contribution >= 0.6 is 0 Å². The number of aryl methyl sites for hydroxylation is 1. The number of ketones is 1. The number of hydrogen-bond acceptors (Lipinski definition) is 4. The fourth-order valence-corrected chi connectivity index (χ4v) is 5.29. The van der Waals surface area contributed by atoms with E-state index < -0.39 is 11.9 Å². The minimum absolute atomic E-state index is 0.226. The van der Waals surface area contributed by atoms with Gasteiger partial charge in [-0.1, -0.05) is 12.5 Å². The number of rotatable bonds is 6. The molecule has 7 nitrogen and oxygen atoms in total. The lowest BCUT2D eigenvalue weighted by atomic mass is 9.77. The third-order valence-corrected chi connectivity index (χ3v) is 7.09. The van der Waals surface area contributed by atoms with Gasteiger partial charge in [0, 0.05) is 19.9 Å². The molecule has 166 valence electrons. The molecular weight excluding hydrogens is 394 g/mol. The summed E-state index contributed by atoms with van der Waals surface area (Å²) in [7, 11) is 1.74. The molecule has 1 aliphatic carbocycles. The Morgan fingerprint density at radius 3 is 2.48 bits per heavy atom. The van der Waals surface area contributed by atoms with Gasteiger partial charge < -0.3 is 4.79 Å². The molecule has 0 bridgehead atoms. The number of imide groups is 1. The van der Waals surface area contributed by atoms with Gasteiger partial charge in [-0.2, -0.15) is 0 Å². The number of nitrogens with one attached hydrogen (secondary N) is 1. The number of Topliss-reactive ketones (excluding diaryl/α,β-unsaturated/α-hetero) is 1. The van der Waals surface area contributed by atoms with Gasteiger partial charge in [-0.25, -0.2) is 4.79 Å². The number of nitrogens with zero attached hydrogens (tertiary/aromatic N) is 2. The molecule has 2 aromatic rings. The molecule has 2 fully saturated rings. The maximum Gasteiger partial charge on any atom is 0.329 e. The lowest BCUT2D eigenvalue weighted by Gasteiger charge is -2.29. The van der Waals surface area contributed by atoms with E-state index in [0.717, 1.165) is 36.7 Å². The number of carbonyl (C=O) groups is 3. The molecule has 1 aliphatic heterocycles. The second-order valence-corrected chi connectivity index (χ2v) is 9.24. The first kappa shape index (κ1) is 21.5. The average Bonchev–Trinajstić information content (AvgIpc) is 2.98. The van der Waals surface area contributed by atoms with Gasteiger partial charge in [-0.3, -0.25) is 24.0 Å². The van der Waals surface area contributed by atoms with Crippen molar-refractivity contribution < 1.29 is 14.4 Å². The molecule has 1 atom stereocenters. The van der Waals surface area contributed by atoms with Gasteiger partial charge in [0.15, 0.2) is 0 Å². The number of fused-ring (bicyclic) bond motifs is 1. The number of piperidine rings is 1. The highest BCUT2D eigenvalue weighted by atomic mass is 16.2. The number of aromatic nitrogens is 2. The second kappa shape index (κ2) is 8.81. The fourth-order valence-electron chi connectivity index (χ4n) is 5.29. The zero-order valence-corrected chi connectivity index (χ0v) is 18.4. The van der Waals surface area contributed by atoms with Gasteiger partial charge in [-0.05, 0) is 75.0 Å². The van der Waals surface area contributed by atoms with Crippen LogP contribution in [0, 0.1) is 5.92 Å². The highest BCUT2D eigenvalue weighted by Crippen LogP contribution is 2.38. The van der Waals surface area contributed by atoms with Crippen LogP contribution in [0.3, 0.4) is 0 Å². The Hall–Kier alpha value is -2.70. The Labute approximate surface area is 181 Å². The summed E-state index contributed by atoms with van der Waals surface area (Å²) >= 11 is 0. The van der Waals surface area contributed by atoms with E-state index in [9.17, 15) is 19.2 Å². The van der Waals surface area contributed by atoms with Crippen molar-refractivity contribution in [3.05, 3.63) is 34.2 Å². The van der Waals surface area contributed by atoms with Crippen molar-refractivity contribution in [3.63, 3.8) is 0 Å². The Kier molecular flexibility index (Phi) is 6.12. The van der Waals surface area contributed by atoms with E-state index in [1.165, 1.54) is 23.0 Å². The largest absolute Gasteiger partial charge is 0.329 e. The van der Waals surface area contributed by atoms with Crippen molar-refractivity contribution in [1.29, 1.82) is 0 Å². The highest BCUT2D eigenvalue weighted by Gasteiger charge is 2.31. The van der Waals surface area contributed by atoms with Gasteiger partial charge in [0.2, 0.25) is 11.8 Å². The lowest BCUT2D eigenvalue weighted by molar-refractivity contribution is -0.135. The first-order valence-electron chi connectivity index (χ1n) is 11.4. The summed E-state index contributed by atoms with van der Waals surface area (Å²) in [4.78, 5) is 47.9. The molecule has 2 amide bonds. The lowest BCUT2D eigenvalue weighted by Crippen LogP contribution is -2.44. The number of hydrogen-bond donors (Lipinski definition) is 1. The molecule has 4 rings (SSSR count). The molecule has 0 radical (unpaired) electrons. The van der Waals surface area contributed by atoms with Gasteiger partial charge in [0.05, 0.1) is 11.0 Å². The number of benzene rings is 1. The van der Waals surface area contributed by atoms with Gasteiger partial charge in [0.1, 0.15) is 11.8 Å². The van der Waals surface area contributed by atoms with Crippen LogP contribution < -0.4 is 11.0 Å². The monoisotopic (exact) mass is 425 g/mol. The van der Waals surface area contributed by atoms with Crippen molar-refractivity contribution >= 4 is 28.6 Å². The predicted octanol–water partition coefficient (Wildman–Crippen LogP) is 3.35. The van der Waals surface area contributed by atoms with Crippen molar-refractivity contribution in [1.82, 2.24) is 14.5 Å². The Morgan fingerprint density at radius 2 is 1.81 bits per heavy atom. The maximum atomic E-state index is 12.9. The summed E-state index contributed by atoms with van der Waals surface area (Å²) in [6.45, 7) is 1.66. The van der Waals surface area contributed by atoms with Crippen LogP contribution in [0.5, 0.6) is 0 Å². The fraction of sp³-hybridized carbons (Fsp3) is 0.583. The minimum Gasteiger partial charge on any atom is -0.300 e. The summed E-state index contributed by atoms with van der Waals surface area (Å²) in [5, 5.41) is 2.35. The first-order chi connectivity index (χ1) is 14.8. The maximum absolute atomic E-state index is 12.9. The van der Waals surface area contributed by atoms with Crippen LogP contribution in [0.25, 0.3) is 11.0 Å². The number of amides is 2. The zero-order valence-electron chi connectivity index (χ0n) is 18.4. The topological polar surface area (TPSA) is 90.2 Å². The van der Waals surface area contributed by atoms with Crippen molar-refractivity contribution in [3.8, 4) is 0 Å². The molecule has 1 unspecified atom stereocenters. The molecule has 1 N–H and O–H groups in total. The number of imidazole rings is 1. The van der Waals surface area contributed by atoms with Gasteiger partial charge in [-0.15, -0.1) is 0 Å². The van der Waals surface area contributed by atoms with Crippen LogP contribution in [0.4, 0.5) is 0 Å². The third-order valence-electron chi connectivity index (χ3n) is 7.09. The molecular formula is C24H31N3O4. The SMILES string of the molecule is CC(=O)CCC[C@H]1CC[C@@H](c2ccc3c(c2)n(C)c(=O)n3C2CCC(=O)NC2=O)CC1. The van der Waals surface area contributed by atoms with E-state index in [1.54, 1.807) is 18.5 Å². The second-order valence-electron chi connectivity index (χ2n) is 9.24. The summed E-state index contributed by atoms with van der Waals surface area (Å²) in [6.07, 6.45) is 8.01. The van der Waals surface area contributed by atoms with Crippen molar-refractivity contribution in [2.24, 2.45) is 13.0 Å². The van der Waals surface area contributed by atoms with Crippen molar-refractivity contribution in [2.75, 3.05) is 0 Å². The van der Waals surface area contributed by atoms with E-state index in [4.69, 9.17) is 0 Å². The van der Waals surface area contributed by atoms with Crippen LogP contribution in [0.1, 0.15) is 82.2 Å². The molecule has 2 aliphatic rings. The number of carbonyl (C=O) groups excluding carboxylic acids is 3. The van der Waals surface area contributed by atoms with E-state index >= 15 is 0 Å². The van der Waals surface area contributed by atoms with Crippen LogP contribution in [0.2, 0.25) is 0 Å². The van der Waals surface area contributed by atoms with E-state index in [1.807, 2.05) is 6.07 Å². The van der Waals surface area contributed by atoms with Crippen LogP contribution in [0.15, 0.2) is 23.0 Å². The normalized spacial score (nSPS) is 24.4. The van der Waals surface area contributed by atoms with Crippen molar-refractivity contribution in [2.45, 2.75) is 76.7 Å². The molecule has 1 saturated carbocycles. The molecule has 1 aromatic carbocycles. The molecule has 0 spiro atoms. The molecule has 1 saturated heterocycles. The Balaban J connectivity index is 1.51. The zero-order chi connectivity index (χ0) is 22.1. The quantitative estimate of drug-likeness (QED) is 0.719. The first-order valence-corrected chi connectivity index (χ1v) is 11.4. The molecule has 7 heteroatoms. The van der Waals surface area contributed by atoms with E-state index in [2.05, 4.69) is 17.4 Å². The summed E-state index contributed by atoms with van der Waals surface area (Å²) in [5.41, 5.74) is 2.58. The average molecular weight is 426 g/mol. The summed E-state index contributed by atoms with van der Waals surface area (Å²) in [6, 6.07) is 5.49. The smallest absolute Gasteiger partial charge is 0.300 e. The van der Waals surface area contributed by atoms with E-state index in [-0.39, 0.29) is 23.8 Å². The minimum atomic E-state index is -0.648. The van der Waals surface area contributed by atoms with Gasteiger partial charge in [0.25, 0.3) is 0 Å². The third kappa shape index (κ3) is 4.36. The summed E-state index contributed by atoms with van der Waals surface area (Å²) < 4.78 is 3.14. The molecule has 2 heterocycles. The molecule has 1 aromatic heterocycles. The summed E-state index contributed by atoms with van der Waals surface area (Å²) in [5.74, 6) is 0.767. The van der Waals surface area contributed by atoms with Crippen LogP contribution in [-0.4, -0.2) is 26.7 Å². The Morgan fingerprint density at radius 1 is 1.06 bits per heavy atom. The van der Waals surface area contributed by atoms with E-state index in [0.29, 0.717) is 24.7 Å². The molecule has 31 heavy (non-hydrogen) atoms. The predicted molar refractivity (Wildman–Crippen MR) is 118 cm³/mol.